The van der Waals surface area contributed by atoms with Gasteiger partial charge in [0, 0.05) is 30.4 Å². The second-order valence-electron chi connectivity index (χ2n) is 3.39. The molecule has 0 amide bonds. The van der Waals surface area contributed by atoms with Crippen molar-refractivity contribution >= 4 is 21.9 Å². The summed E-state index contributed by atoms with van der Waals surface area (Å²) < 4.78 is 7.49. The van der Waals surface area contributed by atoms with Gasteiger partial charge in [0.25, 0.3) is 0 Å². The summed E-state index contributed by atoms with van der Waals surface area (Å²) in [6.45, 7) is 2.59. The van der Waals surface area contributed by atoms with Gasteiger partial charge in [-0.15, -0.1) is 0 Å². The van der Waals surface area contributed by atoms with E-state index in [4.69, 9.17) is 9.84 Å². The Bertz CT molecular complexity index is 348. The van der Waals surface area contributed by atoms with Gasteiger partial charge in [-0.2, -0.15) is 0 Å². The van der Waals surface area contributed by atoms with E-state index >= 15 is 0 Å². The maximum atomic E-state index is 10.9. The Kier molecular flexibility index (Phi) is 4.35. The van der Waals surface area contributed by atoms with Crippen LogP contribution in [-0.4, -0.2) is 29.4 Å². The van der Waals surface area contributed by atoms with Crippen molar-refractivity contribution in [1.82, 2.24) is 4.57 Å². The van der Waals surface area contributed by atoms with Crippen LogP contribution in [0.5, 0.6) is 0 Å². The first-order valence-electron chi connectivity index (χ1n) is 4.66. The van der Waals surface area contributed by atoms with Gasteiger partial charge in [-0.1, -0.05) is 0 Å². The largest absolute Gasteiger partial charge is 0.477 e. The number of hydrogen-bond donors (Lipinski definition) is 1. The van der Waals surface area contributed by atoms with Crippen LogP contribution in [0, 0.1) is 0 Å². The van der Waals surface area contributed by atoms with Crippen LogP contribution in [0.15, 0.2) is 16.7 Å². The Hall–Kier alpha value is -0.810. The molecule has 0 spiro atoms. The molecule has 0 aliphatic rings. The number of nitrogens with zero attached hydrogens (tertiary/aromatic N) is 1. The normalized spacial score (nSPS) is 12.7. The minimum absolute atomic E-state index is 0.113. The van der Waals surface area contributed by atoms with Gasteiger partial charge in [-0.05, 0) is 35.3 Å². The molecule has 0 saturated carbocycles. The first kappa shape index (κ1) is 12.3. The van der Waals surface area contributed by atoms with Crippen molar-refractivity contribution in [2.75, 3.05) is 13.7 Å². The molecule has 0 radical (unpaired) electrons. The summed E-state index contributed by atoms with van der Waals surface area (Å²) in [5.41, 5.74) is 0.297. The van der Waals surface area contributed by atoms with Crippen molar-refractivity contribution in [2.45, 2.75) is 19.4 Å². The number of methoxy groups -OCH3 is 1. The SMILES string of the molecule is COCCC(C)n1cc(Br)cc1C(=O)O. The number of aromatic nitrogens is 1. The van der Waals surface area contributed by atoms with Gasteiger partial charge in [-0.25, -0.2) is 4.79 Å². The summed E-state index contributed by atoms with van der Waals surface area (Å²) in [4.78, 5) is 10.9. The molecule has 1 unspecified atom stereocenters. The number of halogens is 1. The lowest BCUT2D eigenvalue weighted by atomic mass is 10.2. The predicted molar refractivity (Wildman–Crippen MR) is 60.3 cm³/mol. The van der Waals surface area contributed by atoms with Crippen molar-refractivity contribution in [3.63, 3.8) is 0 Å². The minimum atomic E-state index is -0.912. The lowest BCUT2D eigenvalue weighted by molar-refractivity contribution is 0.0681. The van der Waals surface area contributed by atoms with Crippen LogP contribution in [0.3, 0.4) is 0 Å². The summed E-state index contributed by atoms with van der Waals surface area (Å²) >= 11 is 3.27. The number of aromatic carboxylic acids is 1. The van der Waals surface area contributed by atoms with Crippen molar-refractivity contribution in [2.24, 2.45) is 0 Å². The van der Waals surface area contributed by atoms with E-state index in [-0.39, 0.29) is 6.04 Å². The summed E-state index contributed by atoms with van der Waals surface area (Å²) in [6.07, 6.45) is 2.57. The van der Waals surface area contributed by atoms with Gasteiger partial charge in [-0.3, -0.25) is 0 Å². The lowest BCUT2D eigenvalue weighted by Gasteiger charge is -2.14. The second kappa shape index (κ2) is 5.32. The average Bonchev–Trinajstić information content (AvgIpc) is 2.57. The molecule has 0 aliphatic heterocycles. The standard InChI is InChI=1S/C10H14BrNO3/c1-7(3-4-15-2)12-6-8(11)5-9(12)10(13)14/h5-7H,3-4H2,1-2H3,(H,13,14). The number of hydrogen-bond acceptors (Lipinski definition) is 2. The van der Waals surface area contributed by atoms with Gasteiger partial charge in [0.05, 0.1) is 0 Å². The van der Waals surface area contributed by atoms with Gasteiger partial charge in [0.15, 0.2) is 0 Å². The average molecular weight is 276 g/mol. The Morgan fingerprint density at radius 2 is 2.40 bits per heavy atom. The highest BCUT2D eigenvalue weighted by atomic mass is 79.9. The van der Waals surface area contributed by atoms with E-state index in [2.05, 4.69) is 15.9 Å². The fourth-order valence-corrected chi connectivity index (χ4v) is 1.85. The van der Waals surface area contributed by atoms with Gasteiger partial charge in [0.2, 0.25) is 0 Å². The van der Waals surface area contributed by atoms with Crippen LogP contribution in [0.2, 0.25) is 0 Å². The van der Waals surface area contributed by atoms with E-state index in [1.165, 1.54) is 0 Å². The molecule has 0 aromatic carbocycles. The van der Waals surface area contributed by atoms with Crippen molar-refractivity contribution in [3.05, 3.63) is 22.4 Å². The molecular weight excluding hydrogens is 262 g/mol. The van der Waals surface area contributed by atoms with Crippen molar-refractivity contribution in [3.8, 4) is 0 Å². The van der Waals surface area contributed by atoms with Crippen LogP contribution in [0.1, 0.15) is 29.9 Å². The number of rotatable bonds is 5. The van der Waals surface area contributed by atoms with Gasteiger partial charge >= 0.3 is 5.97 Å². The molecule has 0 bridgehead atoms. The fourth-order valence-electron chi connectivity index (χ4n) is 1.41. The van der Waals surface area contributed by atoms with Crippen LogP contribution in [0.25, 0.3) is 0 Å². The molecule has 1 heterocycles. The summed E-state index contributed by atoms with van der Waals surface area (Å²) in [5, 5.41) is 8.98. The first-order chi connectivity index (χ1) is 7.06. The molecule has 4 nitrogen and oxygen atoms in total. The number of carboxylic acids is 1. The van der Waals surface area contributed by atoms with Crippen molar-refractivity contribution < 1.29 is 14.6 Å². The highest BCUT2D eigenvalue weighted by molar-refractivity contribution is 9.10. The third-order valence-corrected chi connectivity index (χ3v) is 2.68. The highest BCUT2D eigenvalue weighted by Crippen LogP contribution is 2.21. The minimum Gasteiger partial charge on any atom is -0.477 e. The lowest BCUT2D eigenvalue weighted by Crippen LogP contribution is -2.13. The maximum Gasteiger partial charge on any atom is 0.352 e. The van der Waals surface area contributed by atoms with Crippen LogP contribution in [0.4, 0.5) is 0 Å². The van der Waals surface area contributed by atoms with E-state index in [0.717, 1.165) is 10.9 Å². The van der Waals surface area contributed by atoms with E-state index < -0.39 is 5.97 Å². The highest BCUT2D eigenvalue weighted by Gasteiger charge is 2.15. The number of carbonyl (C=O) groups is 1. The molecule has 1 aromatic rings. The van der Waals surface area contributed by atoms with Crippen LogP contribution >= 0.6 is 15.9 Å². The Balaban J connectivity index is 2.86. The molecule has 0 fully saturated rings. The Morgan fingerprint density at radius 3 is 2.93 bits per heavy atom. The third-order valence-electron chi connectivity index (χ3n) is 2.25. The fraction of sp³-hybridized carbons (Fsp3) is 0.500. The zero-order chi connectivity index (χ0) is 11.4. The molecule has 1 rings (SSSR count). The number of carboxylic acid groups (broad SMARTS) is 1. The van der Waals surface area contributed by atoms with E-state index in [1.54, 1.807) is 23.9 Å². The first-order valence-corrected chi connectivity index (χ1v) is 5.45. The quantitative estimate of drug-likeness (QED) is 0.899. The summed E-state index contributed by atoms with van der Waals surface area (Å²) in [5.74, 6) is -0.912. The summed E-state index contributed by atoms with van der Waals surface area (Å²) in [7, 11) is 1.64. The maximum absolute atomic E-state index is 10.9. The van der Waals surface area contributed by atoms with E-state index in [1.807, 2.05) is 6.92 Å². The van der Waals surface area contributed by atoms with E-state index in [0.29, 0.717) is 12.3 Å². The molecule has 0 aliphatic carbocycles. The number of ether oxygens (including phenoxy) is 1. The molecule has 84 valence electrons. The second-order valence-corrected chi connectivity index (χ2v) is 4.30. The summed E-state index contributed by atoms with van der Waals surface area (Å²) in [6, 6.07) is 1.72. The molecule has 15 heavy (non-hydrogen) atoms. The topological polar surface area (TPSA) is 51.5 Å². The van der Waals surface area contributed by atoms with Gasteiger partial charge in [0.1, 0.15) is 5.69 Å². The van der Waals surface area contributed by atoms with Crippen LogP contribution < -0.4 is 0 Å². The van der Waals surface area contributed by atoms with Crippen molar-refractivity contribution in [1.29, 1.82) is 0 Å². The Labute approximate surface area is 97.0 Å². The molecule has 5 heteroatoms. The molecule has 1 atom stereocenters. The Morgan fingerprint density at radius 1 is 1.73 bits per heavy atom. The monoisotopic (exact) mass is 275 g/mol. The smallest absolute Gasteiger partial charge is 0.352 e. The van der Waals surface area contributed by atoms with E-state index in [9.17, 15) is 4.79 Å². The molecule has 1 aromatic heterocycles. The predicted octanol–water partition coefficient (Wildman–Crippen LogP) is 2.55. The molecule has 0 saturated heterocycles. The molecule has 1 N–H and O–H groups in total. The zero-order valence-electron chi connectivity index (χ0n) is 8.74. The van der Waals surface area contributed by atoms with Gasteiger partial charge < -0.3 is 14.4 Å². The third kappa shape index (κ3) is 3.07. The van der Waals surface area contributed by atoms with Crippen LogP contribution in [-0.2, 0) is 4.74 Å². The zero-order valence-corrected chi connectivity index (χ0v) is 10.3. The molecular formula is C10H14BrNO3.